The van der Waals surface area contributed by atoms with Gasteiger partial charge in [0.2, 0.25) is 0 Å². The first-order chi connectivity index (χ1) is 12.4. The zero-order valence-electron chi connectivity index (χ0n) is 15.3. The van der Waals surface area contributed by atoms with Gasteiger partial charge in [-0.1, -0.05) is 12.1 Å². The standard InChI is InChI=1S/C19H24N2O4S/c1-12-10-21(11-13(2)24-12)19(23)14(3)25-18(22)9-8-17-20-15-6-4-5-7-16(15)26-17/h4-7,12-14H,8-11H2,1-3H3/t12-,13-,14-/m1/s1. The van der Waals surface area contributed by atoms with Crippen LogP contribution >= 0.6 is 11.3 Å². The minimum atomic E-state index is -0.782. The highest BCUT2D eigenvalue weighted by Crippen LogP contribution is 2.22. The van der Waals surface area contributed by atoms with Gasteiger partial charge in [0.15, 0.2) is 6.10 Å². The number of amides is 1. The van der Waals surface area contributed by atoms with Crippen LogP contribution < -0.4 is 0 Å². The van der Waals surface area contributed by atoms with Gasteiger partial charge in [-0.3, -0.25) is 9.59 Å². The summed E-state index contributed by atoms with van der Waals surface area (Å²) in [7, 11) is 0. The number of benzene rings is 1. The molecular weight excluding hydrogens is 352 g/mol. The summed E-state index contributed by atoms with van der Waals surface area (Å²) < 4.78 is 12.1. The molecule has 1 saturated heterocycles. The van der Waals surface area contributed by atoms with Crippen LogP contribution in [0.5, 0.6) is 0 Å². The first-order valence-corrected chi connectivity index (χ1v) is 9.72. The molecule has 2 heterocycles. The van der Waals surface area contributed by atoms with Crippen LogP contribution in [0.25, 0.3) is 10.2 Å². The van der Waals surface area contributed by atoms with Crippen LogP contribution in [0, 0.1) is 0 Å². The Kier molecular flexibility index (Phi) is 5.88. The number of morpholine rings is 1. The highest BCUT2D eigenvalue weighted by molar-refractivity contribution is 7.18. The maximum atomic E-state index is 12.5. The van der Waals surface area contributed by atoms with E-state index >= 15 is 0 Å². The van der Waals surface area contributed by atoms with E-state index < -0.39 is 6.10 Å². The second-order valence-corrected chi connectivity index (χ2v) is 7.82. The number of nitrogens with zero attached hydrogens (tertiary/aromatic N) is 2. The van der Waals surface area contributed by atoms with Crippen molar-refractivity contribution >= 4 is 33.4 Å². The maximum absolute atomic E-state index is 12.5. The van der Waals surface area contributed by atoms with Gasteiger partial charge in [0.25, 0.3) is 5.91 Å². The normalized spacial score (nSPS) is 21.6. The number of carbonyl (C=O) groups excluding carboxylic acids is 2. The predicted molar refractivity (Wildman–Crippen MR) is 100 cm³/mol. The number of rotatable bonds is 5. The van der Waals surface area contributed by atoms with Crippen molar-refractivity contribution in [2.24, 2.45) is 0 Å². The molecule has 2 aromatic rings. The Morgan fingerprint density at radius 3 is 2.69 bits per heavy atom. The smallest absolute Gasteiger partial charge is 0.306 e. The van der Waals surface area contributed by atoms with Gasteiger partial charge in [0.1, 0.15) is 0 Å². The van der Waals surface area contributed by atoms with Gasteiger partial charge in [0.05, 0.1) is 33.9 Å². The van der Waals surface area contributed by atoms with Crippen LogP contribution in [0.3, 0.4) is 0 Å². The molecule has 0 unspecified atom stereocenters. The fourth-order valence-corrected chi connectivity index (χ4v) is 4.12. The summed E-state index contributed by atoms with van der Waals surface area (Å²) in [4.78, 5) is 30.8. The lowest BCUT2D eigenvalue weighted by molar-refractivity contribution is -0.164. The van der Waals surface area contributed by atoms with Gasteiger partial charge in [-0.2, -0.15) is 0 Å². The Labute approximate surface area is 157 Å². The van der Waals surface area contributed by atoms with E-state index in [4.69, 9.17) is 9.47 Å². The molecule has 1 aromatic heterocycles. The fourth-order valence-electron chi connectivity index (χ4n) is 3.16. The Morgan fingerprint density at radius 1 is 1.31 bits per heavy atom. The highest BCUT2D eigenvalue weighted by Gasteiger charge is 2.30. The van der Waals surface area contributed by atoms with Crippen LogP contribution in [0.4, 0.5) is 0 Å². The number of para-hydroxylation sites is 1. The minimum Gasteiger partial charge on any atom is -0.453 e. The van der Waals surface area contributed by atoms with Crippen molar-refractivity contribution < 1.29 is 19.1 Å². The summed E-state index contributed by atoms with van der Waals surface area (Å²) in [5, 5.41) is 0.901. The molecule has 0 spiro atoms. The zero-order valence-corrected chi connectivity index (χ0v) is 16.1. The third-order valence-corrected chi connectivity index (χ3v) is 5.36. The molecule has 26 heavy (non-hydrogen) atoms. The molecule has 0 N–H and O–H groups in total. The summed E-state index contributed by atoms with van der Waals surface area (Å²) in [5.41, 5.74) is 0.944. The SMILES string of the molecule is C[C@@H]1CN(C(=O)[C@@H](C)OC(=O)CCc2nc3ccccc3s2)C[C@@H](C)O1. The summed E-state index contributed by atoms with van der Waals surface area (Å²) >= 11 is 1.58. The molecule has 6 nitrogen and oxygen atoms in total. The summed E-state index contributed by atoms with van der Waals surface area (Å²) in [5.74, 6) is -0.542. The van der Waals surface area contributed by atoms with Gasteiger partial charge in [-0.25, -0.2) is 4.98 Å². The van der Waals surface area contributed by atoms with E-state index in [9.17, 15) is 9.59 Å². The third kappa shape index (κ3) is 4.59. The van der Waals surface area contributed by atoms with Crippen LogP contribution in [-0.4, -0.2) is 53.2 Å². The van der Waals surface area contributed by atoms with Gasteiger partial charge >= 0.3 is 5.97 Å². The van der Waals surface area contributed by atoms with Crippen molar-refractivity contribution in [2.75, 3.05) is 13.1 Å². The van der Waals surface area contributed by atoms with Crippen molar-refractivity contribution in [1.82, 2.24) is 9.88 Å². The number of ether oxygens (including phenoxy) is 2. The number of thiazole rings is 1. The Morgan fingerprint density at radius 2 is 2.00 bits per heavy atom. The van der Waals surface area contributed by atoms with Crippen LogP contribution in [0.1, 0.15) is 32.2 Å². The van der Waals surface area contributed by atoms with Crippen molar-refractivity contribution in [1.29, 1.82) is 0 Å². The van der Waals surface area contributed by atoms with Crippen LogP contribution in [0.15, 0.2) is 24.3 Å². The van der Waals surface area contributed by atoms with E-state index in [1.807, 2.05) is 38.1 Å². The third-order valence-electron chi connectivity index (χ3n) is 4.27. The van der Waals surface area contributed by atoms with Crippen LogP contribution in [0.2, 0.25) is 0 Å². The summed E-state index contributed by atoms with van der Waals surface area (Å²) in [6.45, 7) is 6.55. The molecule has 1 amide bonds. The van der Waals surface area contributed by atoms with E-state index in [0.717, 1.165) is 15.2 Å². The number of carbonyl (C=O) groups is 2. The molecule has 0 saturated carbocycles. The number of aromatic nitrogens is 1. The van der Waals surface area contributed by atoms with E-state index in [-0.39, 0.29) is 30.5 Å². The minimum absolute atomic E-state index is 0.00960. The molecule has 1 fully saturated rings. The molecule has 0 radical (unpaired) electrons. The topological polar surface area (TPSA) is 68.7 Å². The molecular formula is C19H24N2O4S. The Balaban J connectivity index is 1.49. The Hall–Kier alpha value is -1.99. The van der Waals surface area contributed by atoms with Gasteiger partial charge in [-0.05, 0) is 32.9 Å². The molecule has 1 aliphatic heterocycles. The van der Waals surface area contributed by atoms with Crippen molar-refractivity contribution in [3.8, 4) is 0 Å². The number of aryl methyl sites for hydroxylation is 1. The molecule has 7 heteroatoms. The van der Waals surface area contributed by atoms with Gasteiger partial charge < -0.3 is 14.4 Å². The molecule has 3 rings (SSSR count). The second-order valence-electron chi connectivity index (χ2n) is 6.71. The highest BCUT2D eigenvalue weighted by atomic mass is 32.1. The second kappa shape index (κ2) is 8.14. The lowest BCUT2D eigenvalue weighted by Gasteiger charge is -2.36. The van der Waals surface area contributed by atoms with Crippen molar-refractivity contribution in [3.63, 3.8) is 0 Å². The largest absolute Gasteiger partial charge is 0.453 e. The maximum Gasteiger partial charge on any atom is 0.306 e. The molecule has 1 aromatic carbocycles. The zero-order chi connectivity index (χ0) is 18.7. The van der Waals surface area contributed by atoms with E-state index in [2.05, 4.69) is 4.98 Å². The molecule has 3 atom stereocenters. The van der Waals surface area contributed by atoms with Gasteiger partial charge in [-0.15, -0.1) is 11.3 Å². The summed E-state index contributed by atoms with van der Waals surface area (Å²) in [6.07, 6.45) is -0.0671. The fraction of sp³-hybridized carbons (Fsp3) is 0.526. The average Bonchev–Trinajstić information content (AvgIpc) is 3.01. The van der Waals surface area contributed by atoms with Crippen molar-refractivity contribution in [3.05, 3.63) is 29.3 Å². The summed E-state index contributed by atoms with van der Waals surface area (Å²) in [6, 6.07) is 7.89. The Bertz CT molecular complexity index is 748. The average molecular weight is 376 g/mol. The number of fused-ring (bicyclic) bond motifs is 1. The van der Waals surface area contributed by atoms with Gasteiger partial charge in [0, 0.05) is 19.5 Å². The monoisotopic (exact) mass is 376 g/mol. The van der Waals surface area contributed by atoms with E-state index in [1.54, 1.807) is 23.2 Å². The first-order valence-electron chi connectivity index (χ1n) is 8.90. The van der Waals surface area contributed by atoms with E-state index in [0.29, 0.717) is 19.5 Å². The van der Waals surface area contributed by atoms with Crippen LogP contribution in [-0.2, 0) is 25.5 Å². The quantitative estimate of drug-likeness (QED) is 0.751. The number of hydrogen-bond donors (Lipinski definition) is 0. The number of hydrogen-bond acceptors (Lipinski definition) is 6. The number of esters is 1. The molecule has 140 valence electrons. The lowest BCUT2D eigenvalue weighted by Crippen LogP contribution is -2.51. The first kappa shape index (κ1) is 18.8. The lowest BCUT2D eigenvalue weighted by atomic mass is 10.2. The predicted octanol–water partition coefficient (Wildman–Crippen LogP) is 2.80. The molecule has 0 bridgehead atoms. The van der Waals surface area contributed by atoms with E-state index in [1.165, 1.54) is 0 Å². The molecule has 1 aliphatic rings. The molecule has 0 aliphatic carbocycles. The van der Waals surface area contributed by atoms with Crippen molar-refractivity contribution in [2.45, 2.75) is 51.9 Å².